The second-order valence-electron chi connectivity index (χ2n) is 5.17. The molecule has 3 aromatic rings. The van der Waals surface area contributed by atoms with Gasteiger partial charge >= 0.3 is 0 Å². The Labute approximate surface area is 122 Å². The van der Waals surface area contributed by atoms with Gasteiger partial charge in [0.2, 0.25) is 0 Å². The molecule has 0 amide bonds. The molecule has 5 heteroatoms. The van der Waals surface area contributed by atoms with Crippen LogP contribution in [0, 0.1) is 0 Å². The Hall–Kier alpha value is -2.69. The van der Waals surface area contributed by atoms with E-state index in [0.717, 1.165) is 35.6 Å². The van der Waals surface area contributed by atoms with E-state index in [1.165, 1.54) is 0 Å². The van der Waals surface area contributed by atoms with Gasteiger partial charge < -0.3 is 10.2 Å². The standard InChI is InChI=1S/C16H15N5/c1-2-6-14-13(5-1)16(19-11-18-14)20-12-9-21(10-12)15-7-3-4-8-17-15/h1-8,11-12H,9-10H2,(H,18,19,20). The molecular weight excluding hydrogens is 262 g/mol. The largest absolute Gasteiger partial charge is 0.363 e. The third-order valence-electron chi connectivity index (χ3n) is 3.74. The number of aromatic nitrogens is 3. The maximum atomic E-state index is 4.37. The number of hydrogen-bond donors (Lipinski definition) is 1. The summed E-state index contributed by atoms with van der Waals surface area (Å²) in [5.74, 6) is 1.94. The van der Waals surface area contributed by atoms with Crippen molar-refractivity contribution in [1.82, 2.24) is 15.0 Å². The van der Waals surface area contributed by atoms with Gasteiger partial charge in [-0.2, -0.15) is 0 Å². The minimum Gasteiger partial charge on any atom is -0.363 e. The van der Waals surface area contributed by atoms with Crippen molar-refractivity contribution in [2.24, 2.45) is 0 Å². The number of para-hydroxylation sites is 1. The van der Waals surface area contributed by atoms with Crippen LogP contribution in [0.2, 0.25) is 0 Å². The zero-order valence-corrected chi connectivity index (χ0v) is 11.5. The fraction of sp³-hybridized carbons (Fsp3) is 0.188. The van der Waals surface area contributed by atoms with Gasteiger partial charge in [0.1, 0.15) is 18.0 Å². The van der Waals surface area contributed by atoms with Crippen LogP contribution < -0.4 is 10.2 Å². The van der Waals surface area contributed by atoms with E-state index in [4.69, 9.17) is 0 Å². The van der Waals surface area contributed by atoms with Crippen molar-refractivity contribution < 1.29 is 0 Å². The molecule has 4 rings (SSSR count). The molecule has 104 valence electrons. The number of pyridine rings is 1. The third kappa shape index (κ3) is 2.27. The first-order valence-electron chi connectivity index (χ1n) is 7.02. The number of nitrogens with one attached hydrogen (secondary N) is 1. The fourth-order valence-corrected chi connectivity index (χ4v) is 2.61. The predicted octanol–water partition coefficient (Wildman–Crippen LogP) is 2.33. The lowest BCUT2D eigenvalue weighted by Gasteiger charge is -2.40. The molecule has 1 aliphatic heterocycles. The van der Waals surface area contributed by atoms with E-state index in [0.29, 0.717) is 6.04 Å². The zero-order valence-electron chi connectivity index (χ0n) is 11.5. The smallest absolute Gasteiger partial charge is 0.137 e. The molecule has 0 unspecified atom stereocenters. The molecule has 0 atom stereocenters. The Morgan fingerprint density at radius 2 is 1.81 bits per heavy atom. The summed E-state index contributed by atoms with van der Waals surface area (Å²) in [4.78, 5) is 15.3. The third-order valence-corrected chi connectivity index (χ3v) is 3.74. The van der Waals surface area contributed by atoms with Crippen molar-refractivity contribution in [2.75, 3.05) is 23.3 Å². The lowest BCUT2D eigenvalue weighted by Crippen LogP contribution is -2.55. The summed E-state index contributed by atoms with van der Waals surface area (Å²) < 4.78 is 0. The highest BCUT2D eigenvalue weighted by atomic mass is 15.3. The zero-order chi connectivity index (χ0) is 14.1. The Morgan fingerprint density at radius 3 is 2.67 bits per heavy atom. The van der Waals surface area contributed by atoms with Crippen LogP contribution >= 0.6 is 0 Å². The predicted molar refractivity (Wildman–Crippen MR) is 83.4 cm³/mol. The summed E-state index contributed by atoms with van der Waals surface area (Å²) in [6.45, 7) is 1.88. The van der Waals surface area contributed by atoms with Crippen molar-refractivity contribution >= 4 is 22.5 Å². The number of nitrogens with zero attached hydrogens (tertiary/aromatic N) is 4. The molecule has 1 aromatic carbocycles. The Balaban J connectivity index is 1.48. The summed E-state index contributed by atoms with van der Waals surface area (Å²) >= 11 is 0. The van der Waals surface area contributed by atoms with Gasteiger partial charge in [-0.3, -0.25) is 0 Å². The van der Waals surface area contributed by atoms with Crippen molar-refractivity contribution in [3.63, 3.8) is 0 Å². The highest BCUT2D eigenvalue weighted by Gasteiger charge is 2.28. The summed E-state index contributed by atoms with van der Waals surface area (Å²) in [5, 5.41) is 4.57. The minimum absolute atomic E-state index is 0.394. The molecule has 3 heterocycles. The SMILES string of the molecule is c1ccc(N2CC(Nc3ncnc4ccccc34)C2)nc1. The summed E-state index contributed by atoms with van der Waals surface area (Å²) in [6, 6.07) is 14.4. The number of benzene rings is 1. The molecule has 1 aliphatic rings. The monoisotopic (exact) mass is 277 g/mol. The summed E-state index contributed by atoms with van der Waals surface area (Å²) in [7, 11) is 0. The average Bonchev–Trinajstić information content (AvgIpc) is 2.51. The first-order chi connectivity index (χ1) is 10.4. The van der Waals surface area contributed by atoms with Gasteiger partial charge in [0.05, 0.1) is 11.6 Å². The van der Waals surface area contributed by atoms with Crippen LogP contribution in [0.3, 0.4) is 0 Å². The maximum Gasteiger partial charge on any atom is 0.137 e. The Bertz CT molecular complexity index is 747. The van der Waals surface area contributed by atoms with Gasteiger partial charge in [-0.25, -0.2) is 15.0 Å². The molecular formula is C16H15N5. The van der Waals surface area contributed by atoms with Crippen LogP contribution in [0.5, 0.6) is 0 Å². The summed E-state index contributed by atoms with van der Waals surface area (Å²) in [5.41, 5.74) is 0.968. The van der Waals surface area contributed by atoms with Gasteiger partial charge in [0.15, 0.2) is 0 Å². The first kappa shape index (κ1) is 12.1. The van der Waals surface area contributed by atoms with E-state index in [1.54, 1.807) is 6.33 Å². The van der Waals surface area contributed by atoms with E-state index in [9.17, 15) is 0 Å². The first-order valence-corrected chi connectivity index (χ1v) is 7.02. The second kappa shape index (κ2) is 5.01. The minimum atomic E-state index is 0.394. The highest BCUT2D eigenvalue weighted by molar-refractivity contribution is 5.88. The number of anilines is 2. The van der Waals surface area contributed by atoms with E-state index in [2.05, 4.69) is 25.2 Å². The topological polar surface area (TPSA) is 53.9 Å². The normalized spacial score (nSPS) is 15.0. The molecule has 1 saturated heterocycles. The second-order valence-corrected chi connectivity index (χ2v) is 5.17. The van der Waals surface area contributed by atoms with Crippen molar-refractivity contribution in [1.29, 1.82) is 0 Å². The Morgan fingerprint density at radius 1 is 0.952 bits per heavy atom. The quantitative estimate of drug-likeness (QED) is 0.796. The molecule has 0 aliphatic carbocycles. The molecule has 1 N–H and O–H groups in total. The van der Waals surface area contributed by atoms with Gasteiger partial charge in [0, 0.05) is 24.7 Å². The van der Waals surface area contributed by atoms with Crippen LogP contribution in [0.1, 0.15) is 0 Å². The van der Waals surface area contributed by atoms with E-state index >= 15 is 0 Å². The van der Waals surface area contributed by atoms with Gasteiger partial charge in [-0.1, -0.05) is 18.2 Å². The molecule has 21 heavy (non-hydrogen) atoms. The fourth-order valence-electron chi connectivity index (χ4n) is 2.61. The number of fused-ring (bicyclic) bond motifs is 1. The molecule has 0 saturated carbocycles. The molecule has 2 aromatic heterocycles. The molecule has 5 nitrogen and oxygen atoms in total. The lowest BCUT2D eigenvalue weighted by atomic mass is 10.1. The van der Waals surface area contributed by atoms with Crippen LogP contribution in [-0.4, -0.2) is 34.1 Å². The van der Waals surface area contributed by atoms with E-state index in [-0.39, 0.29) is 0 Å². The Kier molecular flexibility index (Phi) is 2.88. The van der Waals surface area contributed by atoms with E-state index in [1.807, 2.05) is 48.7 Å². The molecule has 0 spiro atoms. The lowest BCUT2D eigenvalue weighted by molar-refractivity contribution is 0.544. The van der Waals surface area contributed by atoms with Gasteiger partial charge in [-0.05, 0) is 24.3 Å². The van der Waals surface area contributed by atoms with Crippen LogP contribution in [0.4, 0.5) is 11.6 Å². The van der Waals surface area contributed by atoms with Gasteiger partial charge in [-0.15, -0.1) is 0 Å². The van der Waals surface area contributed by atoms with Crippen molar-refractivity contribution in [3.8, 4) is 0 Å². The van der Waals surface area contributed by atoms with Gasteiger partial charge in [0.25, 0.3) is 0 Å². The molecule has 1 fully saturated rings. The van der Waals surface area contributed by atoms with E-state index < -0.39 is 0 Å². The molecule has 0 radical (unpaired) electrons. The number of hydrogen-bond acceptors (Lipinski definition) is 5. The van der Waals surface area contributed by atoms with Crippen LogP contribution in [0.15, 0.2) is 55.0 Å². The number of rotatable bonds is 3. The van der Waals surface area contributed by atoms with Crippen LogP contribution in [-0.2, 0) is 0 Å². The average molecular weight is 277 g/mol. The van der Waals surface area contributed by atoms with Crippen molar-refractivity contribution in [3.05, 3.63) is 55.0 Å². The highest BCUT2D eigenvalue weighted by Crippen LogP contribution is 2.23. The maximum absolute atomic E-state index is 4.37. The van der Waals surface area contributed by atoms with Crippen LogP contribution in [0.25, 0.3) is 10.9 Å². The molecule has 0 bridgehead atoms. The van der Waals surface area contributed by atoms with Crippen molar-refractivity contribution in [2.45, 2.75) is 6.04 Å². The summed E-state index contributed by atoms with van der Waals surface area (Å²) in [6.07, 6.45) is 3.44.